The highest BCUT2D eigenvalue weighted by Gasteiger charge is 2.10. The van der Waals surface area contributed by atoms with Crippen LogP contribution in [0.15, 0.2) is 65.6 Å². The Morgan fingerprint density at radius 3 is 2.32 bits per heavy atom. The number of anilines is 2. The Hall–Kier alpha value is -2.49. The van der Waals surface area contributed by atoms with E-state index in [1.165, 1.54) is 38.0 Å². The second-order valence-electron chi connectivity index (χ2n) is 6.45. The molecule has 134 valence electrons. The molecule has 0 aromatic heterocycles. The van der Waals surface area contributed by atoms with Crippen LogP contribution < -0.4 is 15.5 Å². The molecule has 1 aliphatic heterocycles. The number of amidine groups is 1. The first kappa shape index (κ1) is 18.8. The molecule has 1 heterocycles. The molecule has 1 aromatic rings. The van der Waals surface area contributed by atoms with E-state index in [0.29, 0.717) is 0 Å². The summed E-state index contributed by atoms with van der Waals surface area (Å²) in [5.74, 6) is 0.856. The molecule has 1 aliphatic rings. The zero-order valence-corrected chi connectivity index (χ0v) is 15.7. The molecule has 0 aliphatic carbocycles. The Balaban J connectivity index is 2.01. The van der Waals surface area contributed by atoms with E-state index in [1.807, 2.05) is 20.8 Å². The van der Waals surface area contributed by atoms with Crippen molar-refractivity contribution in [3.63, 3.8) is 0 Å². The van der Waals surface area contributed by atoms with Crippen LogP contribution in [0, 0.1) is 0 Å². The van der Waals surface area contributed by atoms with Gasteiger partial charge in [0.1, 0.15) is 5.84 Å². The Bertz CT molecular complexity index is 662. The van der Waals surface area contributed by atoms with Crippen molar-refractivity contribution in [2.75, 3.05) is 23.3 Å². The first-order valence-corrected chi connectivity index (χ1v) is 8.93. The van der Waals surface area contributed by atoms with Crippen molar-refractivity contribution in [3.05, 3.63) is 60.6 Å². The highest BCUT2D eigenvalue weighted by Crippen LogP contribution is 2.22. The van der Waals surface area contributed by atoms with Crippen molar-refractivity contribution in [1.29, 1.82) is 0 Å². The molecule has 0 bridgehead atoms. The fourth-order valence-corrected chi connectivity index (χ4v) is 2.93. The van der Waals surface area contributed by atoms with Crippen LogP contribution in [0.4, 0.5) is 11.4 Å². The minimum absolute atomic E-state index is 0.815. The van der Waals surface area contributed by atoms with Gasteiger partial charge in [0.15, 0.2) is 0 Å². The number of nitrogens with one attached hydrogen (secondary N) is 2. The monoisotopic (exact) mass is 338 g/mol. The average molecular weight is 338 g/mol. The highest BCUT2D eigenvalue weighted by atomic mass is 15.1. The lowest BCUT2D eigenvalue weighted by Crippen LogP contribution is -2.29. The van der Waals surface area contributed by atoms with E-state index in [2.05, 4.69) is 57.9 Å². The smallest absolute Gasteiger partial charge is 0.103 e. The molecule has 0 amide bonds. The van der Waals surface area contributed by atoms with Gasteiger partial charge in [-0.05, 0) is 76.1 Å². The zero-order chi connectivity index (χ0) is 18.2. The third-order valence-electron chi connectivity index (χ3n) is 4.52. The van der Waals surface area contributed by atoms with Crippen molar-refractivity contribution in [2.45, 2.75) is 40.0 Å². The molecule has 2 N–H and O–H groups in total. The number of aliphatic imine (C=N–C) groups is 1. The summed E-state index contributed by atoms with van der Waals surface area (Å²) in [6, 6.07) is 8.61. The number of nitrogens with zero attached hydrogens (tertiary/aromatic N) is 2. The summed E-state index contributed by atoms with van der Waals surface area (Å²) in [6.07, 6.45) is 5.57. The molecule has 1 fully saturated rings. The number of hydrogen-bond acceptors (Lipinski definition) is 3. The van der Waals surface area contributed by atoms with E-state index < -0.39 is 0 Å². The van der Waals surface area contributed by atoms with Crippen LogP contribution in [0.25, 0.3) is 0 Å². The lowest BCUT2D eigenvalue weighted by molar-refractivity contribution is 0.578. The molecule has 0 atom stereocenters. The van der Waals surface area contributed by atoms with Crippen LogP contribution in [-0.2, 0) is 0 Å². The molecule has 1 saturated heterocycles. The molecule has 4 nitrogen and oxygen atoms in total. The third kappa shape index (κ3) is 5.52. The molecule has 4 heteroatoms. The molecule has 1 aromatic carbocycles. The predicted molar refractivity (Wildman–Crippen MR) is 110 cm³/mol. The van der Waals surface area contributed by atoms with Crippen LogP contribution in [0.1, 0.15) is 40.0 Å². The van der Waals surface area contributed by atoms with E-state index in [1.54, 1.807) is 6.20 Å². The predicted octanol–water partition coefficient (Wildman–Crippen LogP) is 5.05. The maximum atomic E-state index is 4.63. The van der Waals surface area contributed by atoms with E-state index in [-0.39, 0.29) is 0 Å². The Kier molecular flexibility index (Phi) is 6.87. The summed E-state index contributed by atoms with van der Waals surface area (Å²) in [5.41, 5.74) is 5.11. The summed E-state index contributed by atoms with van der Waals surface area (Å²) >= 11 is 0. The molecule has 0 radical (unpaired) electrons. The quantitative estimate of drug-likeness (QED) is 0.433. The maximum Gasteiger partial charge on any atom is 0.103 e. The summed E-state index contributed by atoms with van der Waals surface area (Å²) in [5, 5.41) is 6.36. The van der Waals surface area contributed by atoms with Crippen molar-refractivity contribution in [3.8, 4) is 0 Å². The fraction of sp³-hybridized carbons (Fsp3) is 0.381. The molecular formula is C21H30N4. The zero-order valence-electron chi connectivity index (χ0n) is 15.7. The molecule has 0 unspecified atom stereocenters. The van der Waals surface area contributed by atoms with Gasteiger partial charge in [-0.25, -0.2) is 4.99 Å². The van der Waals surface area contributed by atoms with Crippen LogP contribution in [0.5, 0.6) is 0 Å². The summed E-state index contributed by atoms with van der Waals surface area (Å²) in [4.78, 5) is 7.09. The average Bonchev–Trinajstić information content (AvgIpc) is 2.62. The largest absolute Gasteiger partial charge is 0.372 e. The van der Waals surface area contributed by atoms with E-state index in [9.17, 15) is 0 Å². The van der Waals surface area contributed by atoms with Crippen molar-refractivity contribution >= 4 is 17.2 Å². The van der Waals surface area contributed by atoms with E-state index in [4.69, 9.17) is 0 Å². The third-order valence-corrected chi connectivity index (χ3v) is 4.52. The van der Waals surface area contributed by atoms with Crippen LogP contribution in [0.2, 0.25) is 0 Å². The molecule has 0 saturated carbocycles. The molecular weight excluding hydrogens is 308 g/mol. The molecule has 25 heavy (non-hydrogen) atoms. The SMILES string of the molecule is C=CNC(=C)/C(C)=C(/C)N=C(C)Nc1ccc(N2CCCCC2)cc1. The first-order chi connectivity index (χ1) is 12.0. The van der Waals surface area contributed by atoms with Crippen molar-refractivity contribution < 1.29 is 0 Å². The van der Waals surface area contributed by atoms with Gasteiger partial charge in [-0.2, -0.15) is 0 Å². The lowest BCUT2D eigenvalue weighted by atomic mass is 10.1. The number of piperidine rings is 1. The van der Waals surface area contributed by atoms with Crippen LogP contribution >= 0.6 is 0 Å². The van der Waals surface area contributed by atoms with Gasteiger partial charge in [-0.3, -0.25) is 0 Å². The molecule has 2 rings (SSSR count). The van der Waals surface area contributed by atoms with Gasteiger partial charge in [0, 0.05) is 35.9 Å². The minimum atomic E-state index is 0.815. The second kappa shape index (κ2) is 9.11. The number of allylic oxidation sites excluding steroid dienone is 2. The lowest BCUT2D eigenvalue weighted by Gasteiger charge is -2.28. The van der Waals surface area contributed by atoms with Gasteiger partial charge < -0.3 is 15.5 Å². The van der Waals surface area contributed by atoms with Crippen LogP contribution in [-0.4, -0.2) is 18.9 Å². The van der Waals surface area contributed by atoms with Crippen molar-refractivity contribution in [2.24, 2.45) is 4.99 Å². The number of rotatable bonds is 6. The maximum absolute atomic E-state index is 4.63. The Morgan fingerprint density at radius 2 is 1.72 bits per heavy atom. The van der Waals surface area contributed by atoms with Gasteiger partial charge in [0.2, 0.25) is 0 Å². The van der Waals surface area contributed by atoms with E-state index >= 15 is 0 Å². The molecule has 0 spiro atoms. The van der Waals surface area contributed by atoms with Gasteiger partial charge in [-0.1, -0.05) is 13.2 Å². The normalized spacial score (nSPS) is 16.1. The highest BCUT2D eigenvalue weighted by molar-refractivity contribution is 5.94. The van der Waals surface area contributed by atoms with Gasteiger partial charge in [0.05, 0.1) is 0 Å². The van der Waals surface area contributed by atoms with Crippen molar-refractivity contribution in [1.82, 2.24) is 5.32 Å². The topological polar surface area (TPSA) is 39.7 Å². The van der Waals surface area contributed by atoms with E-state index in [0.717, 1.165) is 28.5 Å². The summed E-state index contributed by atoms with van der Waals surface area (Å²) in [6.45, 7) is 15.9. The Morgan fingerprint density at radius 1 is 1.08 bits per heavy atom. The van der Waals surface area contributed by atoms with Gasteiger partial charge in [0.25, 0.3) is 0 Å². The van der Waals surface area contributed by atoms with Crippen LogP contribution in [0.3, 0.4) is 0 Å². The Labute approximate surface area is 152 Å². The first-order valence-electron chi connectivity index (χ1n) is 8.93. The summed E-state index contributed by atoms with van der Waals surface area (Å²) in [7, 11) is 0. The number of benzene rings is 1. The second-order valence-corrected chi connectivity index (χ2v) is 6.45. The van der Waals surface area contributed by atoms with Gasteiger partial charge >= 0.3 is 0 Å². The number of hydrogen-bond donors (Lipinski definition) is 2. The fourth-order valence-electron chi connectivity index (χ4n) is 2.93. The summed E-state index contributed by atoms with van der Waals surface area (Å²) < 4.78 is 0. The standard InChI is InChI=1S/C21H30N4/c1-6-22-17(3)16(2)18(4)23-19(5)24-20-10-12-21(13-11-20)25-14-8-7-9-15-25/h6,10-13,22H,1,3,7-9,14-15H2,2,4-5H3,(H,23,24)/b18-16-. The minimum Gasteiger partial charge on any atom is -0.372 e. The van der Waals surface area contributed by atoms with Gasteiger partial charge in [-0.15, -0.1) is 0 Å².